The van der Waals surface area contributed by atoms with E-state index in [9.17, 15) is 9.59 Å². The Morgan fingerprint density at radius 1 is 1.02 bits per heavy atom. The summed E-state index contributed by atoms with van der Waals surface area (Å²) in [5.74, 6) is -1.95. The van der Waals surface area contributed by atoms with E-state index in [1.54, 1.807) is 6.20 Å². The third-order valence-electron chi connectivity index (χ3n) is 7.76. The van der Waals surface area contributed by atoms with Gasteiger partial charge in [0, 0.05) is 25.3 Å². The lowest BCUT2D eigenvalue weighted by Crippen LogP contribution is -2.62. The van der Waals surface area contributed by atoms with Gasteiger partial charge in [-0.05, 0) is 20.3 Å². The highest BCUT2D eigenvalue weighted by Gasteiger charge is 2.54. The van der Waals surface area contributed by atoms with Crippen LogP contribution >= 0.6 is 0 Å². The number of benzene rings is 1. The normalized spacial score (nSPS) is 36.1. The van der Waals surface area contributed by atoms with Crippen molar-refractivity contribution in [3.63, 3.8) is 0 Å². The maximum atomic E-state index is 12.3. The van der Waals surface area contributed by atoms with Gasteiger partial charge in [-0.15, -0.1) is 5.10 Å². The van der Waals surface area contributed by atoms with Crippen LogP contribution in [0.3, 0.4) is 0 Å². The van der Waals surface area contributed by atoms with Gasteiger partial charge in [-0.2, -0.15) is 5.48 Å². The average molecular weight is 589 g/mol. The fourth-order valence-corrected chi connectivity index (χ4v) is 5.95. The molecule has 6 rings (SSSR count). The molecule has 0 bridgehead atoms. The van der Waals surface area contributed by atoms with Crippen molar-refractivity contribution in [1.29, 1.82) is 0 Å². The zero-order chi connectivity index (χ0) is 29.4. The van der Waals surface area contributed by atoms with E-state index < -0.39 is 54.7 Å². The number of esters is 2. The first kappa shape index (κ1) is 29.1. The molecule has 4 aliphatic heterocycles. The molecule has 0 radical (unpaired) electrons. The molecule has 0 spiro atoms. The highest BCUT2D eigenvalue weighted by Crippen LogP contribution is 2.40. The highest BCUT2D eigenvalue weighted by molar-refractivity contribution is 5.67. The van der Waals surface area contributed by atoms with E-state index in [-0.39, 0.29) is 24.7 Å². The molecule has 4 aliphatic rings. The van der Waals surface area contributed by atoms with Gasteiger partial charge < -0.3 is 38.0 Å². The van der Waals surface area contributed by atoms with Crippen molar-refractivity contribution in [1.82, 2.24) is 20.5 Å². The third kappa shape index (κ3) is 6.06. The van der Waals surface area contributed by atoms with E-state index in [4.69, 9.17) is 38.0 Å². The van der Waals surface area contributed by atoms with Crippen LogP contribution in [0.1, 0.15) is 63.8 Å². The molecule has 0 amide bonds. The van der Waals surface area contributed by atoms with Crippen molar-refractivity contribution < 1.29 is 47.6 Å². The summed E-state index contributed by atoms with van der Waals surface area (Å²) in [6.45, 7) is 7.32. The summed E-state index contributed by atoms with van der Waals surface area (Å²) in [7, 11) is 0. The largest absolute Gasteiger partial charge is 0.455 e. The Labute approximate surface area is 242 Å². The smallest absolute Gasteiger partial charge is 0.303 e. The van der Waals surface area contributed by atoms with Gasteiger partial charge >= 0.3 is 11.9 Å². The van der Waals surface area contributed by atoms with Gasteiger partial charge in [0.15, 0.2) is 30.5 Å². The summed E-state index contributed by atoms with van der Waals surface area (Å²) in [5, 5.41) is 8.82. The Bertz CT molecular complexity index is 1260. The van der Waals surface area contributed by atoms with Crippen LogP contribution in [-0.4, -0.2) is 89.1 Å². The molecule has 14 nitrogen and oxygen atoms in total. The van der Waals surface area contributed by atoms with Crippen LogP contribution < -0.4 is 5.48 Å². The molecule has 228 valence electrons. The second-order valence-electron chi connectivity index (χ2n) is 11.3. The van der Waals surface area contributed by atoms with Crippen molar-refractivity contribution >= 4 is 11.9 Å². The van der Waals surface area contributed by atoms with E-state index in [0.29, 0.717) is 25.3 Å². The fourth-order valence-electron chi connectivity index (χ4n) is 5.95. The van der Waals surface area contributed by atoms with Gasteiger partial charge in [-0.25, -0.2) is 4.68 Å². The summed E-state index contributed by atoms with van der Waals surface area (Å²) in [5.41, 5.74) is 4.54. The predicted molar refractivity (Wildman–Crippen MR) is 140 cm³/mol. The number of rotatable bonds is 6. The van der Waals surface area contributed by atoms with Crippen LogP contribution in [0.15, 0.2) is 36.5 Å². The van der Waals surface area contributed by atoms with E-state index in [0.717, 1.165) is 5.56 Å². The first-order chi connectivity index (χ1) is 20.2. The number of hydrogen-bond donors (Lipinski definition) is 1. The number of fused-ring (bicyclic) bond motifs is 1. The standard InChI is InChI=1S/C28H36N4O10/c1-15(33)38-24-23-21(13-35-27(41-23)17-8-6-5-7-9-17)40-26(25(24)39-16(2)34)32-12-19(29-31-32)18-10-11-37-30-22(18)20-14-36-28(3,4)42-20/h5-9,12,18,20-27,30H,10-11,13-14H2,1-4H3/t18-,20+,21?,22-,23-,24?,25?,26+,27?/m0/s1. The maximum absolute atomic E-state index is 12.3. The van der Waals surface area contributed by atoms with E-state index in [2.05, 4.69) is 15.8 Å². The third-order valence-corrected chi connectivity index (χ3v) is 7.76. The SMILES string of the molecule is CC(=O)OC1C(OC(C)=O)[C@H](n2cc([C@@H]3CCON[C@@H]3[C@H]3COC(C)(C)O3)nn2)OC2COC(c3ccccc3)O[C@@H]21. The number of carbonyl (C=O) groups is 2. The molecule has 1 aromatic heterocycles. The number of ether oxygens (including phenoxy) is 7. The number of nitrogens with zero attached hydrogens (tertiary/aromatic N) is 3. The quantitative estimate of drug-likeness (QED) is 0.488. The molecule has 5 heterocycles. The van der Waals surface area contributed by atoms with Gasteiger partial charge in [0.1, 0.15) is 18.3 Å². The molecule has 4 saturated heterocycles. The van der Waals surface area contributed by atoms with Crippen LogP contribution in [0.5, 0.6) is 0 Å². The van der Waals surface area contributed by atoms with Gasteiger partial charge in [0.25, 0.3) is 0 Å². The van der Waals surface area contributed by atoms with Crippen molar-refractivity contribution in [2.45, 2.75) is 94.9 Å². The molecular formula is C28H36N4O10. The highest BCUT2D eigenvalue weighted by atomic mass is 16.8. The Kier molecular flexibility index (Phi) is 8.29. The van der Waals surface area contributed by atoms with Crippen LogP contribution in [-0.2, 0) is 47.6 Å². The maximum Gasteiger partial charge on any atom is 0.303 e. The molecular weight excluding hydrogens is 552 g/mol. The lowest BCUT2D eigenvalue weighted by Gasteiger charge is -2.48. The fraction of sp³-hybridized carbons (Fsp3) is 0.643. The summed E-state index contributed by atoms with van der Waals surface area (Å²) in [6.07, 6.45) is -3.05. The Morgan fingerprint density at radius 3 is 2.50 bits per heavy atom. The first-order valence-corrected chi connectivity index (χ1v) is 14.1. The summed E-state index contributed by atoms with van der Waals surface area (Å²) in [4.78, 5) is 30.1. The zero-order valence-corrected chi connectivity index (χ0v) is 23.9. The predicted octanol–water partition coefficient (Wildman–Crippen LogP) is 1.68. The molecule has 4 unspecified atom stereocenters. The van der Waals surface area contributed by atoms with E-state index in [1.807, 2.05) is 44.2 Å². The van der Waals surface area contributed by atoms with Gasteiger partial charge in [0.05, 0.1) is 37.8 Å². The minimum absolute atomic E-state index is 0.115. The molecule has 2 aromatic rings. The van der Waals surface area contributed by atoms with E-state index in [1.165, 1.54) is 18.5 Å². The van der Waals surface area contributed by atoms with Gasteiger partial charge in [-0.1, -0.05) is 35.5 Å². The summed E-state index contributed by atoms with van der Waals surface area (Å²) >= 11 is 0. The Hall–Kier alpha value is -2.98. The van der Waals surface area contributed by atoms with Crippen molar-refractivity contribution in [2.75, 3.05) is 19.8 Å². The minimum atomic E-state index is -1.08. The topological polar surface area (TPSA) is 151 Å². The second-order valence-corrected chi connectivity index (χ2v) is 11.3. The molecule has 0 aliphatic carbocycles. The van der Waals surface area contributed by atoms with Crippen LogP contribution in [0, 0.1) is 0 Å². The number of aromatic nitrogens is 3. The molecule has 1 aromatic carbocycles. The Morgan fingerprint density at radius 2 is 1.79 bits per heavy atom. The van der Waals surface area contributed by atoms with Crippen molar-refractivity contribution in [3.05, 3.63) is 47.8 Å². The molecule has 0 saturated carbocycles. The number of nitrogens with one attached hydrogen (secondary N) is 1. The van der Waals surface area contributed by atoms with Crippen LogP contribution in [0.25, 0.3) is 0 Å². The van der Waals surface area contributed by atoms with Crippen molar-refractivity contribution in [3.8, 4) is 0 Å². The monoisotopic (exact) mass is 588 g/mol. The van der Waals surface area contributed by atoms with Gasteiger partial charge in [0.2, 0.25) is 0 Å². The molecule has 42 heavy (non-hydrogen) atoms. The minimum Gasteiger partial charge on any atom is -0.455 e. The lowest BCUT2D eigenvalue weighted by atomic mass is 9.89. The molecule has 1 N–H and O–H groups in total. The molecule has 9 atom stereocenters. The summed E-state index contributed by atoms with van der Waals surface area (Å²) < 4.78 is 43.5. The Balaban J connectivity index is 1.27. The van der Waals surface area contributed by atoms with Crippen LogP contribution in [0.2, 0.25) is 0 Å². The van der Waals surface area contributed by atoms with Crippen LogP contribution in [0.4, 0.5) is 0 Å². The van der Waals surface area contributed by atoms with Gasteiger partial charge in [-0.3, -0.25) is 9.59 Å². The van der Waals surface area contributed by atoms with Crippen molar-refractivity contribution in [2.24, 2.45) is 0 Å². The lowest BCUT2D eigenvalue weighted by molar-refractivity contribution is -0.341. The zero-order valence-electron chi connectivity index (χ0n) is 23.9. The second kappa shape index (κ2) is 12.0. The first-order valence-electron chi connectivity index (χ1n) is 14.1. The molecule has 4 fully saturated rings. The average Bonchev–Trinajstić information content (AvgIpc) is 3.60. The number of carbonyl (C=O) groups excluding carboxylic acids is 2. The number of hydroxylamine groups is 1. The summed E-state index contributed by atoms with van der Waals surface area (Å²) in [6, 6.07) is 9.15. The molecule has 14 heteroatoms. The number of hydrogen-bond acceptors (Lipinski definition) is 13. The van der Waals surface area contributed by atoms with E-state index >= 15 is 0 Å².